The maximum atomic E-state index is 12.0. The third kappa shape index (κ3) is 4.89. The van der Waals surface area contributed by atoms with Gasteiger partial charge in [0, 0.05) is 17.0 Å². The maximum Gasteiger partial charge on any atom is 0.358 e. The molecule has 1 aromatic carbocycles. The lowest BCUT2D eigenvalue weighted by molar-refractivity contribution is -0.125. The molecule has 1 aromatic heterocycles. The number of thiazole rings is 1. The van der Waals surface area contributed by atoms with Crippen molar-refractivity contribution in [2.45, 2.75) is 26.8 Å². The number of rotatable bonds is 6. The molecule has 0 fully saturated rings. The van der Waals surface area contributed by atoms with E-state index in [9.17, 15) is 9.59 Å². The molecule has 0 unspecified atom stereocenters. The molecule has 2 aromatic rings. The number of aromatic nitrogens is 1. The maximum absolute atomic E-state index is 12.0. The number of amides is 1. The van der Waals surface area contributed by atoms with Crippen LogP contribution in [0.4, 0.5) is 0 Å². The highest BCUT2D eigenvalue weighted by Gasteiger charge is 2.16. The highest BCUT2D eigenvalue weighted by atomic mass is 32.1. The zero-order valence-electron chi connectivity index (χ0n) is 13.4. The number of esters is 1. The topological polar surface area (TPSA) is 68.3 Å². The number of hydrogen-bond donors (Lipinski definition) is 1. The number of nitrogens with one attached hydrogen (secondary N) is 1. The van der Waals surface area contributed by atoms with Crippen molar-refractivity contribution in [1.29, 1.82) is 0 Å². The first kappa shape index (κ1) is 17.1. The molecule has 122 valence electrons. The number of nitrogens with zero attached hydrogens (tertiary/aromatic N) is 1. The Balaban J connectivity index is 1.89. The SMILES string of the molecule is CC(C)[C@H](C)NC(=O)COC(=O)c1csc(-c2ccccc2)n1. The summed E-state index contributed by atoms with van der Waals surface area (Å²) < 4.78 is 5.01. The molecule has 0 aliphatic carbocycles. The molecular formula is C17H20N2O3S. The minimum Gasteiger partial charge on any atom is -0.451 e. The Morgan fingerprint density at radius 1 is 1.22 bits per heavy atom. The van der Waals surface area contributed by atoms with Crippen molar-refractivity contribution >= 4 is 23.2 Å². The second-order valence-corrected chi connectivity index (χ2v) is 6.44. The summed E-state index contributed by atoms with van der Waals surface area (Å²) in [6.45, 7) is 5.64. The predicted octanol–water partition coefficient (Wildman–Crippen LogP) is 3.13. The van der Waals surface area contributed by atoms with Crippen molar-refractivity contribution in [3.63, 3.8) is 0 Å². The van der Waals surface area contributed by atoms with Gasteiger partial charge >= 0.3 is 5.97 Å². The van der Waals surface area contributed by atoms with E-state index in [1.165, 1.54) is 11.3 Å². The smallest absolute Gasteiger partial charge is 0.358 e. The Morgan fingerprint density at radius 3 is 2.57 bits per heavy atom. The number of hydrogen-bond acceptors (Lipinski definition) is 5. The quantitative estimate of drug-likeness (QED) is 0.825. The van der Waals surface area contributed by atoms with Gasteiger partial charge in [-0.3, -0.25) is 4.79 Å². The van der Waals surface area contributed by atoms with Crippen LogP contribution < -0.4 is 5.32 Å². The van der Waals surface area contributed by atoms with E-state index in [0.29, 0.717) is 5.92 Å². The van der Waals surface area contributed by atoms with Crippen LogP contribution in [-0.4, -0.2) is 29.5 Å². The highest BCUT2D eigenvalue weighted by Crippen LogP contribution is 2.23. The Morgan fingerprint density at radius 2 is 1.91 bits per heavy atom. The van der Waals surface area contributed by atoms with Crippen molar-refractivity contribution in [3.05, 3.63) is 41.4 Å². The van der Waals surface area contributed by atoms with Crippen LogP contribution in [0.3, 0.4) is 0 Å². The Hall–Kier alpha value is -2.21. The molecule has 1 atom stereocenters. The molecule has 2 rings (SSSR count). The van der Waals surface area contributed by atoms with Crippen LogP contribution in [-0.2, 0) is 9.53 Å². The summed E-state index contributed by atoms with van der Waals surface area (Å²) in [5.74, 6) is -0.574. The summed E-state index contributed by atoms with van der Waals surface area (Å²) >= 11 is 1.37. The number of carbonyl (C=O) groups excluding carboxylic acids is 2. The molecule has 6 heteroatoms. The van der Waals surface area contributed by atoms with E-state index in [4.69, 9.17) is 4.74 Å². The van der Waals surface area contributed by atoms with Gasteiger partial charge in [0.15, 0.2) is 12.3 Å². The zero-order chi connectivity index (χ0) is 16.8. The number of benzene rings is 1. The van der Waals surface area contributed by atoms with Crippen molar-refractivity contribution in [3.8, 4) is 10.6 Å². The third-order valence-electron chi connectivity index (χ3n) is 3.46. The minimum atomic E-state index is -0.587. The lowest BCUT2D eigenvalue weighted by Gasteiger charge is -2.17. The molecule has 0 radical (unpaired) electrons. The fraction of sp³-hybridized carbons (Fsp3) is 0.353. The Bertz CT molecular complexity index is 667. The number of ether oxygens (including phenoxy) is 1. The van der Waals surface area contributed by atoms with Crippen LogP contribution >= 0.6 is 11.3 Å². The number of carbonyl (C=O) groups is 2. The standard InChI is InChI=1S/C17H20N2O3S/c1-11(2)12(3)18-15(20)9-22-17(21)14-10-23-16(19-14)13-7-5-4-6-8-13/h4-8,10-12H,9H2,1-3H3,(H,18,20)/t12-/m0/s1. The molecule has 0 saturated heterocycles. The van der Waals surface area contributed by atoms with Gasteiger partial charge in [-0.25, -0.2) is 9.78 Å². The van der Waals surface area contributed by atoms with Crippen LogP contribution in [0.25, 0.3) is 10.6 Å². The molecule has 0 saturated carbocycles. The molecule has 0 aliphatic rings. The molecule has 1 heterocycles. The van der Waals surface area contributed by atoms with E-state index >= 15 is 0 Å². The molecule has 23 heavy (non-hydrogen) atoms. The normalized spacial score (nSPS) is 12.0. The zero-order valence-corrected chi connectivity index (χ0v) is 14.2. The van der Waals surface area contributed by atoms with E-state index in [1.54, 1.807) is 5.38 Å². The van der Waals surface area contributed by atoms with E-state index < -0.39 is 5.97 Å². The van der Waals surface area contributed by atoms with Crippen molar-refractivity contribution in [2.24, 2.45) is 5.92 Å². The van der Waals surface area contributed by atoms with Crippen LogP contribution in [0.2, 0.25) is 0 Å². The molecule has 1 amide bonds. The summed E-state index contributed by atoms with van der Waals surface area (Å²) in [4.78, 5) is 27.9. The average Bonchev–Trinajstić information content (AvgIpc) is 3.03. The first-order valence-electron chi connectivity index (χ1n) is 7.45. The lowest BCUT2D eigenvalue weighted by Crippen LogP contribution is -2.38. The van der Waals surface area contributed by atoms with E-state index in [-0.39, 0.29) is 24.2 Å². The van der Waals surface area contributed by atoms with E-state index in [2.05, 4.69) is 10.3 Å². The van der Waals surface area contributed by atoms with Gasteiger partial charge in [0.1, 0.15) is 5.01 Å². The van der Waals surface area contributed by atoms with Gasteiger partial charge in [-0.2, -0.15) is 0 Å². The summed E-state index contributed by atoms with van der Waals surface area (Å²) in [6.07, 6.45) is 0. The fourth-order valence-electron chi connectivity index (χ4n) is 1.75. The molecule has 0 aliphatic heterocycles. The largest absolute Gasteiger partial charge is 0.451 e. The van der Waals surface area contributed by atoms with Crippen LogP contribution in [0.1, 0.15) is 31.3 Å². The first-order chi connectivity index (χ1) is 11.0. The van der Waals surface area contributed by atoms with Gasteiger partial charge in [-0.15, -0.1) is 11.3 Å². The molecule has 0 spiro atoms. The monoisotopic (exact) mass is 332 g/mol. The van der Waals surface area contributed by atoms with Gasteiger partial charge in [-0.05, 0) is 12.8 Å². The first-order valence-corrected chi connectivity index (χ1v) is 8.32. The summed E-state index contributed by atoms with van der Waals surface area (Å²) in [5.41, 5.74) is 1.17. The van der Waals surface area contributed by atoms with Gasteiger partial charge in [-0.1, -0.05) is 44.2 Å². The van der Waals surface area contributed by atoms with Crippen LogP contribution in [0.15, 0.2) is 35.7 Å². The van der Waals surface area contributed by atoms with Gasteiger partial charge in [0.05, 0.1) is 0 Å². The van der Waals surface area contributed by atoms with Gasteiger partial charge < -0.3 is 10.1 Å². The Kier molecular flexibility index (Phi) is 5.87. The summed E-state index contributed by atoms with van der Waals surface area (Å²) in [5, 5.41) is 5.17. The molecule has 5 nitrogen and oxygen atoms in total. The average molecular weight is 332 g/mol. The lowest BCUT2D eigenvalue weighted by atomic mass is 10.1. The second-order valence-electron chi connectivity index (χ2n) is 5.58. The molecular weight excluding hydrogens is 312 g/mol. The third-order valence-corrected chi connectivity index (χ3v) is 4.35. The van der Waals surface area contributed by atoms with Crippen molar-refractivity contribution in [2.75, 3.05) is 6.61 Å². The minimum absolute atomic E-state index is 0.0326. The van der Waals surface area contributed by atoms with E-state index in [0.717, 1.165) is 10.6 Å². The van der Waals surface area contributed by atoms with Gasteiger partial charge in [0.2, 0.25) is 0 Å². The van der Waals surface area contributed by atoms with E-state index in [1.807, 2.05) is 51.1 Å². The Labute approximate surface area is 139 Å². The molecule has 1 N–H and O–H groups in total. The van der Waals surface area contributed by atoms with Crippen molar-refractivity contribution < 1.29 is 14.3 Å². The summed E-state index contributed by atoms with van der Waals surface area (Å²) in [6, 6.07) is 9.63. The summed E-state index contributed by atoms with van der Waals surface area (Å²) in [7, 11) is 0. The molecule has 0 bridgehead atoms. The predicted molar refractivity (Wildman–Crippen MR) is 90.3 cm³/mol. The van der Waals surface area contributed by atoms with Crippen LogP contribution in [0.5, 0.6) is 0 Å². The van der Waals surface area contributed by atoms with Crippen molar-refractivity contribution in [1.82, 2.24) is 10.3 Å². The second kappa shape index (κ2) is 7.87. The highest BCUT2D eigenvalue weighted by molar-refractivity contribution is 7.13. The van der Waals surface area contributed by atoms with Gasteiger partial charge in [0.25, 0.3) is 5.91 Å². The fourth-order valence-corrected chi connectivity index (χ4v) is 2.54. The van der Waals surface area contributed by atoms with Crippen LogP contribution in [0, 0.1) is 5.92 Å².